The molecule has 0 spiro atoms. The maximum Gasteiger partial charge on any atom is 0.289 e. The summed E-state index contributed by atoms with van der Waals surface area (Å²) in [4.78, 5) is 14.7. The summed E-state index contributed by atoms with van der Waals surface area (Å²) in [5.41, 5.74) is 2.44. The Balaban J connectivity index is 1.16. The summed E-state index contributed by atoms with van der Waals surface area (Å²) in [5, 5.41) is 4.31. The molecule has 3 heterocycles. The lowest BCUT2D eigenvalue weighted by Crippen LogP contribution is -2.37. The molecule has 6 nitrogen and oxygen atoms in total. The topological polar surface area (TPSA) is 68.7 Å². The SMILES string of the molecule is CC1CCc2noc(C3CCN(C(=O)c4ccc(COc5ccc(F)cc5)o4)CC3)c2C1. The lowest BCUT2D eigenvalue weighted by atomic mass is 9.83. The number of carbonyl (C=O) groups excluding carboxylic acids is 1. The number of likely N-dealkylation sites (tertiary alicyclic amines) is 1. The van der Waals surface area contributed by atoms with Crippen LogP contribution < -0.4 is 4.74 Å². The quantitative estimate of drug-likeness (QED) is 0.552. The molecule has 32 heavy (non-hydrogen) atoms. The fourth-order valence-electron chi connectivity index (χ4n) is 4.68. The highest BCUT2D eigenvalue weighted by atomic mass is 19.1. The zero-order valence-corrected chi connectivity index (χ0v) is 18.2. The molecule has 1 aromatic carbocycles. The minimum atomic E-state index is -0.315. The zero-order chi connectivity index (χ0) is 22.1. The molecule has 2 aliphatic rings. The van der Waals surface area contributed by atoms with Gasteiger partial charge in [0.25, 0.3) is 5.91 Å². The number of ether oxygens (including phenoxy) is 1. The summed E-state index contributed by atoms with van der Waals surface area (Å²) in [6, 6.07) is 9.22. The molecule has 1 aliphatic heterocycles. The van der Waals surface area contributed by atoms with Gasteiger partial charge in [-0.25, -0.2) is 4.39 Å². The Bertz CT molecular complexity index is 1080. The van der Waals surface area contributed by atoms with E-state index in [4.69, 9.17) is 13.7 Å². The van der Waals surface area contributed by atoms with Crippen LogP contribution in [0.2, 0.25) is 0 Å². The van der Waals surface area contributed by atoms with Crippen LogP contribution in [0.4, 0.5) is 4.39 Å². The van der Waals surface area contributed by atoms with E-state index in [1.807, 2.05) is 4.90 Å². The first-order valence-corrected chi connectivity index (χ1v) is 11.3. The summed E-state index contributed by atoms with van der Waals surface area (Å²) >= 11 is 0. The van der Waals surface area contributed by atoms with Crippen LogP contribution in [0.25, 0.3) is 0 Å². The highest BCUT2D eigenvalue weighted by Gasteiger charge is 2.32. The molecule has 168 valence electrons. The monoisotopic (exact) mass is 438 g/mol. The fourth-order valence-corrected chi connectivity index (χ4v) is 4.68. The van der Waals surface area contributed by atoms with Crippen molar-refractivity contribution in [2.24, 2.45) is 5.92 Å². The van der Waals surface area contributed by atoms with Crippen molar-refractivity contribution >= 4 is 5.91 Å². The lowest BCUT2D eigenvalue weighted by molar-refractivity contribution is 0.0669. The van der Waals surface area contributed by atoms with Crippen molar-refractivity contribution in [2.75, 3.05) is 13.1 Å². The van der Waals surface area contributed by atoms with Crippen LogP contribution >= 0.6 is 0 Å². The van der Waals surface area contributed by atoms with Gasteiger partial charge in [0, 0.05) is 24.6 Å². The van der Waals surface area contributed by atoms with Crippen molar-refractivity contribution in [3.8, 4) is 5.75 Å². The van der Waals surface area contributed by atoms with E-state index in [-0.39, 0.29) is 18.3 Å². The standard InChI is InChI=1S/C25H27FN2O4/c1-16-2-8-22-21(14-16)24(32-27-22)17-10-12-28(13-11-17)25(29)23-9-7-20(31-23)15-30-19-5-3-18(26)4-6-19/h3-7,9,16-17H,2,8,10-15H2,1H3. The molecule has 7 heteroatoms. The van der Waals surface area contributed by atoms with Gasteiger partial charge in [0.2, 0.25) is 0 Å². The second-order valence-corrected chi connectivity index (χ2v) is 8.90. The van der Waals surface area contributed by atoms with E-state index in [0.717, 1.165) is 37.1 Å². The highest BCUT2D eigenvalue weighted by molar-refractivity contribution is 5.91. The average Bonchev–Trinajstić information content (AvgIpc) is 3.45. The Morgan fingerprint density at radius 3 is 2.72 bits per heavy atom. The third-order valence-corrected chi connectivity index (χ3v) is 6.55. The minimum Gasteiger partial charge on any atom is -0.486 e. The van der Waals surface area contributed by atoms with Crippen LogP contribution in [0.1, 0.15) is 65.4 Å². The summed E-state index contributed by atoms with van der Waals surface area (Å²) in [5.74, 6) is 3.01. The van der Waals surface area contributed by atoms with Crippen molar-refractivity contribution in [2.45, 2.75) is 51.6 Å². The molecule has 1 unspecified atom stereocenters. The Kier molecular flexibility index (Phi) is 5.72. The van der Waals surface area contributed by atoms with Gasteiger partial charge in [-0.05, 0) is 74.4 Å². The van der Waals surface area contributed by atoms with Crippen molar-refractivity contribution in [3.05, 3.63) is 70.8 Å². The number of nitrogens with zero attached hydrogens (tertiary/aromatic N) is 2. The summed E-state index contributed by atoms with van der Waals surface area (Å²) in [7, 11) is 0. The number of hydrogen-bond acceptors (Lipinski definition) is 5. The molecular formula is C25H27FN2O4. The number of rotatable bonds is 5. The molecule has 5 rings (SSSR count). The number of benzene rings is 1. The Morgan fingerprint density at radius 1 is 1.16 bits per heavy atom. The van der Waals surface area contributed by atoms with Crippen LogP contribution in [0, 0.1) is 11.7 Å². The molecule has 1 saturated heterocycles. The maximum absolute atomic E-state index is 13.0. The minimum absolute atomic E-state index is 0.107. The van der Waals surface area contributed by atoms with Crippen LogP contribution in [0.3, 0.4) is 0 Å². The molecular weight excluding hydrogens is 411 g/mol. The number of hydrogen-bond donors (Lipinski definition) is 0. The van der Waals surface area contributed by atoms with Gasteiger partial charge < -0.3 is 18.6 Å². The number of amides is 1. The van der Waals surface area contributed by atoms with Crippen LogP contribution in [-0.4, -0.2) is 29.1 Å². The van der Waals surface area contributed by atoms with Crippen LogP contribution in [0.5, 0.6) is 5.75 Å². The predicted molar refractivity (Wildman–Crippen MR) is 115 cm³/mol. The highest BCUT2D eigenvalue weighted by Crippen LogP contribution is 2.36. The Hall–Kier alpha value is -3.09. The molecule has 2 aromatic heterocycles. The van der Waals surface area contributed by atoms with E-state index in [1.54, 1.807) is 24.3 Å². The maximum atomic E-state index is 13.0. The van der Waals surface area contributed by atoms with Crippen molar-refractivity contribution < 1.29 is 22.9 Å². The number of halogens is 1. The molecule has 1 aliphatic carbocycles. The summed E-state index contributed by atoms with van der Waals surface area (Å²) in [6.07, 6.45) is 4.95. The van der Waals surface area contributed by atoms with E-state index in [0.29, 0.717) is 42.2 Å². The smallest absolute Gasteiger partial charge is 0.289 e. The number of aryl methyl sites for hydroxylation is 1. The number of piperidine rings is 1. The summed E-state index contributed by atoms with van der Waals surface area (Å²) < 4.78 is 30.0. The second-order valence-electron chi connectivity index (χ2n) is 8.90. The first kappa shape index (κ1) is 20.8. The van der Waals surface area contributed by atoms with Gasteiger partial charge in [-0.3, -0.25) is 4.79 Å². The van der Waals surface area contributed by atoms with Crippen molar-refractivity contribution in [1.29, 1.82) is 0 Å². The first-order valence-electron chi connectivity index (χ1n) is 11.3. The van der Waals surface area contributed by atoms with E-state index in [9.17, 15) is 9.18 Å². The van der Waals surface area contributed by atoms with Gasteiger partial charge in [0.05, 0.1) is 5.69 Å². The van der Waals surface area contributed by atoms with E-state index < -0.39 is 0 Å². The van der Waals surface area contributed by atoms with Crippen molar-refractivity contribution in [1.82, 2.24) is 10.1 Å². The third kappa shape index (κ3) is 4.29. The molecule has 0 N–H and O–H groups in total. The van der Waals surface area contributed by atoms with E-state index in [2.05, 4.69) is 12.1 Å². The number of aromatic nitrogens is 1. The molecule has 1 atom stereocenters. The molecule has 0 radical (unpaired) electrons. The van der Waals surface area contributed by atoms with Gasteiger partial charge in [0.1, 0.15) is 29.7 Å². The molecule has 1 fully saturated rings. The summed E-state index contributed by atoms with van der Waals surface area (Å²) in [6.45, 7) is 3.78. The molecule has 0 bridgehead atoms. The Labute approximate surface area is 186 Å². The van der Waals surface area contributed by atoms with Gasteiger partial charge in [-0.15, -0.1) is 0 Å². The third-order valence-electron chi connectivity index (χ3n) is 6.55. The van der Waals surface area contributed by atoms with Gasteiger partial charge >= 0.3 is 0 Å². The number of furan rings is 1. The number of carbonyl (C=O) groups is 1. The van der Waals surface area contributed by atoms with Gasteiger partial charge in [-0.2, -0.15) is 0 Å². The molecule has 3 aromatic rings. The van der Waals surface area contributed by atoms with Gasteiger partial charge in [0.15, 0.2) is 5.76 Å². The first-order chi connectivity index (χ1) is 15.6. The predicted octanol–water partition coefficient (Wildman–Crippen LogP) is 5.13. The molecule has 0 saturated carbocycles. The van der Waals surface area contributed by atoms with Crippen LogP contribution in [-0.2, 0) is 19.4 Å². The largest absolute Gasteiger partial charge is 0.486 e. The Morgan fingerprint density at radius 2 is 1.94 bits per heavy atom. The van der Waals surface area contributed by atoms with E-state index in [1.165, 1.54) is 24.1 Å². The normalized spacial score (nSPS) is 19.1. The number of fused-ring (bicyclic) bond motifs is 1. The van der Waals surface area contributed by atoms with Crippen LogP contribution in [0.15, 0.2) is 45.3 Å². The zero-order valence-electron chi connectivity index (χ0n) is 18.2. The van der Waals surface area contributed by atoms with Gasteiger partial charge in [-0.1, -0.05) is 12.1 Å². The van der Waals surface area contributed by atoms with Crippen molar-refractivity contribution in [3.63, 3.8) is 0 Å². The average molecular weight is 438 g/mol. The molecule has 1 amide bonds. The second kappa shape index (κ2) is 8.81. The lowest BCUT2D eigenvalue weighted by Gasteiger charge is -2.31. The van der Waals surface area contributed by atoms with E-state index >= 15 is 0 Å². The fraction of sp³-hybridized carbons (Fsp3) is 0.440.